The number of hydrogen-bond acceptors (Lipinski definition) is 3. The maximum atomic E-state index is 13.4. The highest BCUT2D eigenvalue weighted by Crippen LogP contribution is 2.45. The maximum absolute atomic E-state index is 13.4. The molecule has 1 atom stereocenters. The molecule has 124 valence electrons. The molecule has 2 aromatic carbocycles. The van der Waals surface area contributed by atoms with E-state index in [-0.39, 0.29) is 12.4 Å². The van der Waals surface area contributed by atoms with Crippen molar-refractivity contribution in [3.63, 3.8) is 0 Å². The van der Waals surface area contributed by atoms with E-state index in [0.29, 0.717) is 0 Å². The fourth-order valence-corrected chi connectivity index (χ4v) is 3.51. The molecule has 2 aliphatic rings. The second-order valence-electron chi connectivity index (χ2n) is 6.49. The zero-order valence-corrected chi connectivity index (χ0v) is 14.0. The van der Waals surface area contributed by atoms with Gasteiger partial charge in [-0.3, -0.25) is 4.79 Å². The van der Waals surface area contributed by atoms with Gasteiger partial charge in [0.25, 0.3) is 0 Å². The van der Waals surface area contributed by atoms with Crippen molar-refractivity contribution in [2.24, 2.45) is 0 Å². The predicted molar refractivity (Wildman–Crippen MR) is 99.2 cm³/mol. The van der Waals surface area contributed by atoms with Crippen LogP contribution in [0.15, 0.2) is 79.0 Å². The van der Waals surface area contributed by atoms with E-state index in [4.69, 9.17) is 0 Å². The highest BCUT2D eigenvalue weighted by Gasteiger charge is 2.48. The van der Waals surface area contributed by atoms with Crippen LogP contribution in [0.2, 0.25) is 0 Å². The summed E-state index contributed by atoms with van der Waals surface area (Å²) in [5.41, 5.74) is 3.66. The van der Waals surface area contributed by atoms with Gasteiger partial charge in [-0.1, -0.05) is 66.7 Å². The summed E-state index contributed by atoms with van der Waals surface area (Å²) in [5.74, 6) is 0.0868. The van der Waals surface area contributed by atoms with Gasteiger partial charge in [-0.2, -0.15) is 0 Å². The summed E-state index contributed by atoms with van der Waals surface area (Å²) in [6, 6.07) is 17.6. The average Bonchev–Trinajstić information content (AvgIpc) is 2.90. The highest BCUT2D eigenvalue weighted by molar-refractivity contribution is 6.35. The van der Waals surface area contributed by atoms with Crippen molar-refractivity contribution in [3.05, 3.63) is 95.7 Å². The van der Waals surface area contributed by atoms with Crippen LogP contribution in [0.1, 0.15) is 23.6 Å². The van der Waals surface area contributed by atoms with Gasteiger partial charge in [0.15, 0.2) is 5.78 Å². The minimum Gasteiger partial charge on any atom is -0.392 e. The van der Waals surface area contributed by atoms with Crippen molar-refractivity contribution in [3.8, 4) is 0 Å². The number of hydrogen-bond donors (Lipinski definition) is 1. The molecule has 2 aromatic rings. The molecule has 0 saturated carbocycles. The van der Waals surface area contributed by atoms with Crippen molar-refractivity contribution in [2.75, 3.05) is 0 Å². The Morgan fingerprint density at radius 3 is 2.36 bits per heavy atom. The summed E-state index contributed by atoms with van der Waals surface area (Å²) < 4.78 is 0. The lowest BCUT2D eigenvalue weighted by Crippen LogP contribution is -2.43. The number of carbonyl (C=O) groups excluding carboxylic acids is 1. The number of carbonyl (C=O) groups is 1. The molecular formula is C22H19NO2. The number of rotatable bonds is 3. The van der Waals surface area contributed by atoms with Gasteiger partial charge in [0.1, 0.15) is 5.54 Å². The van der Waals surface area contributed by atoms with E-state index in [0.717, 1.165) is 28.0 Å². The van der Waals surface area contributed by atoms with Crippen molar-refractivity contribution < 1.29 is 9.90 Å². The predicted octanol–water partition coefficient (Wildman–Crippen LogP) is 3.77. The summed E-state index contributed by atoms with van der Waals surface area (Å²) in [5, 5.41) is 9.28. The van der Waals surface area contributed by atoms with Gasteiger partial charge < -0.3 is 10.0 Å². The Bertz CT molecular complexity index is 907. The summed E-state index contributed by atoms with van der Waals surface area (Å²) in [7, 11) is 0. The molecule has 0 fully saturated rings. The number of allylic oxidation sites excluding steroid dienone is 2. The number of benzene rings is 2. The molecule has 0 bridgehead atoms. The Kier molecular flexibility index (Phi) is 3.66. The Labute approximate surface area is 147 Å². The standard InChI is InChI=1S/C22H19NO2/c1-22-13-5-6-14-23(22)20(18-7-3-2-4-8-18)19(21(22)25)17-11-9-16(15-24)10-12-17/h2-14,24H,15H2,1H3. The molecule has 0 saturated heterocycles. The van der Waals surface area contributed by atoms with Crippen molar-refractivity contribution >= 4 is 17.1 Å². The highest BCUT2D eigenvalue weighted by atomic mass is 16.3. The molecule has 3 nitrogen and oxygen atoms in total. The van der Waals surface area contributed by atoms with Crippen LogP contribution >= 0.6 is 0 Å². The first-order valence-electron chi connectivity index (χ1n) is 8.35. The third-order valence-electron chi connectivity index (χ3n) is 4.90. The fourth-order valence-electron chi connectivity index (χ4n) is 3.51. The summed E-state index contributed by atoms with van der Waals surface area (Å²) in [4.78, 5) is 15.4. The average molecular weight is 329 g/mol. The van der Waals surface area contributed by atoms with Crippen LogP contribution in [0.25, 0.3) is 11.3 Å². The first kappa shape index (κ1) is 15.6. The van der Waals surface area contributed by atoms with E-state index in [1.54, 1.807) is 0 Å². The van der Waals surface area contributed by atoms with E-state index in [1.807, 2.05) is 85.9 Å². The van der Waals surface area contributed by atoms with E-state index in [9.17, 15) is 9.90 Å². The molecule has 0 spiro atoms. The van der Waals surface area contributed by atoms with Crippen LogP contribution in [0, 0.1) is 0 Å². The first-order chi connectivity index (χ1) is 12.1. The van der Waals surface area contributed by atoms with Crippen LogP contribution in [-0.2, 0) is 11.4 Å². The molecule has 0 aromatic heterocycles. The number of aliphatic hydroxyl groups excluding tert-OH is 1. The summed E-state index contributed by atoms with van der Waals surface area (Å²) in [6.45, 7) is 1.95. The molecular weight excluding hydrogens is 310 g/mol. The molecule has 0 radical (unpaired) electrons. The molecule has 25 heavy (non-hydrogen) atoms. The lowest BCUT2D eigenvalue weighted by atomic mass is 9.89. The Hall–Kier alpha value is -2.91. The van der Waals surface area contributed by atoms with Crippen LogP contribution in [0.4, 0.5) is 0 Å². The van der Waals surface area contributed by atoms with Crippen molar-refractivity contribution in [1.82, 2.24) is 4.90 Å². The van der Waals surface area contributed by atoms with Crippen LogP contribution in [-0.4, -0.2) is 21.3 Å². The van der Waals surface area contributed by atoms with Gasteiger partial charge in [0, 0.05) is 6.20 Å². The molecule has 4 rings (SSSR count). The number of Topliss-reactive ketones (excluding diaryl/α,β-unsaturated/α-hetero) is 1. The molecule has 1 unspecified atom stereocenters. The minimum absolute atomic E-state index is 0.00582. The smallest absolute Gasteiger partial charge is 0.195 e. The van der Waals surface area contributed by atoms with E-state index < -0.39 is 5.54 Å². The third-order valence-corrected chi connectivity index (χ3v) is 4.90. The number of nitrogens with zero attached hydrogens (tertiary/aromatic N) is 1. The molecule has 0 aliphatic carbocycles. The molecule has 1 N–H and O–H groups in total. The van der Waals surface area contributed by atoms with Gasteiger partial charge in [-0.25, -0.2) is 0 Å². The topological polar surface area (TPSA) is 40.5 Å². The van der Waals surface area contributed by atoms with Crippen LogP contribution in [0.5, 0.6) is 0 Å². The van der Waals surface area contributed by atoms with E-state index in [2.05, 4.69) is 4.90 Å². The lowest BCUT2D eigenvalue weighted by Gasteiger charge is -2.34. The maximum Gasteiger partial charge on any atom is 0.195 e. The minimum atomic E-state index is -0.703. The summed E-state index contributed by atoms with van der Waals surface area (Å²) in [6.07, 6.45) is 7.80. The molecule has 2 aliphatic heterocycles. The Morgan fingerprint density at radius 1 is 0.960 bits per heavy atom. The van der Waals surface area contributed by atoms with Crippen LogP contribution < -0.4 is 0 Å². The van der Waals surface area contributed by atoms with Gasteiger partial charge in [-0.05, 0) is 29.7 Å². The van der Waals surface area contributed by atoms with Gasteiger partial charge in [0.2, 0.25) is 0 Å². The zero-order chi connectivity index (χ0) is 17.4. The monoisotopic (exact) mass is 329 g/mol. The largest absolute Gasteiger partial charge is 0.392 e. The Morgan fingerprint density at radius 2 is 1.68 bits per heavy atom. The van der Waals surface area contributed by atoms with Crippen LogP contribution in [0.3, 0.4) is 0 Å². The Balaban J connectivity index is 1.95. The lowest BCUT2D eigenvalue weighted by molar-refractivity contribution is -0.118. The van der Waals surface area contributed by atoms with Gasteiger partial charge in [0.05, 0.1) is 17.9 Å². The summed E-state index contributed by atoms with van der Waals surface area (Å²) >= 11 is 0. The molecule has 2 heterocycles. The SMILES string of the molecule is CC12C=CC=CN1C(c1ccccc1)=C(c1ccc(CO)cc1)C2=O. The first-order valence-corrected chi connectivity index (χ1v) is 8.35. The van der Waals surface area contributed by atoms with E-state index >= 15 is 0 Å². The van der Waals surface area contributed by atoms with Crippen molar-refractivity contribution in [2.45, 2.75) is 19.1 Å². The fraction of sp³-hybridized carbons (Fsp3) is 0.136. The quantitative estimate of drug-likeness (QED) is 0.932. The van der Waals surface area contributed by atoms with Gasteiger partial charge >= 0.3 is 0 Å². The van der Waals surface area contributed by atoms with E-state index in [1.165, 1.54) is 0 Å². The van der Waals surface area contributed by atoms with Gasteiger partial charge in [-0.15, -0.1) is 0 Å². The third kappa shape index (κ3) is 2.36. The molecule has 0 amide bonds. The normalized spacial score (nSPS) is 21.8. The molecule has 3 heteroatoms. The second kappa shape index (κ2) is 5.87. The second-order valence-corrected chi connectivity index (χ2v) is 6.49. The zero-order valence-electron chi connectivity index (χ0n) is 14.0. The number of fused-ring (bicyclic) bond motifs is 1. The number of aliphatic hydroxyl groups is 1. The number of ketones is 1. The van der Waals surface area contributed by atoms with Crippen molar-refractivity contribution in [1.29, 1.82) is 0 Å².